The summed E-state index contributed by atoms with van der Waals surface area (Å²) in [6, 6.07) is 6.53. The predicted molar refractivity (Wildman–Crippen MR) is 83.1 cm³/mol. The first-order chi connectivity index (χ1) is 9.31. The van der Waals surface area contributed by atoms with Crippen molar-refractivity contribution in [3.05, 3.63) is 46.2 Å². The van der Waals surface area contributed by atoms with Crippen molar-refractivity contribution in [2.75, 3.05) is 10.5 Å². The minimum atomic E-state index is -3.71. The van der Waals surface area contributed by atoms with Gasteiger partial charge in [-0.15, -0.1) is 0 Å². The maximum atomic E-state index is 12.5. The lowest BCUT2D eigenvalue weighted by Gasteiger charge is -2.13. The Bertz CT molecular complexity index is 760. The van der Waals surface area contributed by atoms with Gasteiger partial charge in [-0.05, 0) is 43.7 Å². The van der Waals surface area contributed by atoms with Gasteiger partial charge < -0.3 is 5.73 Å². The zero-order valence-corrected chi connectivity index (χ0v) is 13.4. The van der Waals surface area contributed by atoms with Crippen molar-refractivity contribution in [3.8, 4) is 0 Å². The van der Waals surface area contributed by atoms with E-state index >= 15 is 0 Å². The number of aryl methyl sites for hydroxylation is 1. The molecule has 0 aliphatic carbocycles. The van der Waals surface area contributed by atoms with E-state index in [0.717, 1.165) is 0 Å². The molecule has 1 aromatic carbocycles. The number of nitrogens with one attached hydrogen (secondary N) is 1. The molecule has 1 heterocycles. The number of halogens is 1. The number of hydrogen-bond acceptors (Lipinski definition) is 4. The molecule has 2 aromatic rings. The van der Waals surface area contributed by atoms with Gasteiger partial charge in [-0.2, -0.15) is 0 Å². The quantitative estimate of drug-likeness (QED) is 0.829. The van der Waals surface area contributed by atoms with Crippen LogP contribution in [0.15, 0.2) is 39.8 Å². The number of nitrogen functional groups attached to an aromatic ring is 1. The lowest BCUT2D eigenvalue weighted by Crippen LogP contribution is -2.16. The summed E-state index contributed by atoms with van der Waals surface area (Å²) in [5, 5.41) is 0. The Balaban J connectivity index is 2.49. The van der Waals surface area contributed by atoms with Gasteiger partial charge in [0.05, 0.1) is 16.3 Å². The van der Waals surface area contributed by atoms with Crippen LogP contribution in [0, 0.1) is 13.8 Å². The topological polar surface area (TPSA) is 85.1 Å². The smallest absolute Gasteiger partial charge is 0.262 e. The van der Waals surface area contributed by atoms with Crippen LogP contribution in [0.25, 0.3) is 0 Å². The van der Waals surface area contributed by atoms with Crippen LogP contribution in [0.2, 0.25) is 0 Å². The summed E-state index contributed by atoms with van der Waals surface area (Å²) in [6.07, 6.45) is 1.61. The van der Waals surface area contributed by atoms with Crippen molar-refractivity contribution in [2.45, 2.75) is 18.7 Å². The summed E-state index contributed by atoms with van der Waals surface area (Å²) in [6.45, 7) is 3.41. The second-order valence-electron chi connectivity index (χ2n) is 4.36. The van der Waals surface area contributed by atoms with E-state index in [1.807, 2.05) is 0 Å². The van der Waals surface area contributed by atoms with Crippen molar-refractivity contribution in [3.63, 3.8) is 0 Å². The van der Waals surface area contributed by atoms with Gasteiger partial charge in [0, 0.05) is 16.4 Å². The fourth-order valence-electron chi connectivity index (χ4n) is 1.75. The standard InChI is InChI=1S/C13H14BrN3O2S/c1-8-11(15)6-10(14)7-13(8)20(18,19)17-12-4-3-5-16-9(12)2/h3-7,17H,15H2,1-2H3. The van der Waals surface area contributed by atoms with Crippen LogP contribution in [-0.4, -0.2) is 13.4 Å². The number of rotatable bonds is 3. The third kappa shape index (κ3) is 2.94. The van der Waals surface area contributed by atoms with E-state index in [-0.39, 0.29) is 4.90 Å². The Morgan fingerprint density at radius 2 is 2.00 bits per heavy atom. The van der Waals surface area contributed by atoms with E-state index in [9.17, 15) is 8.42 Å². The Morgan fingerprint density at radius 1 is 1.30 bits per heavy atom. The zero-order chi connectivity index (χ0) is 14.9. The SMILES string of the molecule is Cc1ncccc1NS(=O)(=O)c1cc(Br)cc(N)c1C. The van der Waals surface area contributed by atoms with Crippen molar-refractivity contribution in [2.24, 2.45) is 0 Å². The molecule has 3 N–H and O–H groups in total. The molecule has 1 aromatic heterocycles. The van der Waals surface area contributed by atoms with Crippen LogP contribution >= 0.6 is 15.9 Å². The minimum Gasteiger partial charge on any atom is -0.398 e. The highest BCUT2D eigenvalue weighted by Crippen LogP contribution is 2.28. The maximum Gasteiger partial charge on any atom is 0.262 e. The second kappa shape index (κ2) is 5.41. The number of nitrogens with zero attached hydrogens (tertiary/aromatic N) is 1. The Morgan fingerprint density at radius 3 is 2.65 bits per heavy atom. The maximum absolute atomic E-state index is 12.5. The van der Waals surface area contributed by atoms with Crippen molar-refractivity contribution >= 4 is 37.3 Å². The summed E-state index contributed by atoms with van der Waals surface area (Å²) in [7, 11) is -3.71. The Kier molecular flexibility index (Phi) is 4.01. The van der Waals surface area contributed by atoms with Crippen LogP contribution in [-0.2, 0) is 10.0 Å². The Labute approximate surface area is 126 Å². The van der Waals surface area contributed by atoms with Crippen LogP contribution < -0.4 is 10.5 Å². The van der Waals surface area contributed by atoms with Crippen LogP contribution in [0.4, 0.5) is 11.4 Å². The van der Waals surface area contributed by atoms with E-state index in [4.69, 9.17) is 5.73 Å². The summed E-state index contributed by atoms with van der Waals surface area (Å²) >= 11 is 3.25. The van der Waals surface area contributed by atoms with E-state index < -0.39 is 10.0 Å². The van der Waals surface area contributed by atoms with Gasteiger partial charge in [0.25, 0.3) is 10.0 Å². The number of benzene rings is 1. The average molecular weight is 356 g/mol. The molecule has 0 bridgehead atoms. The summed E-state index contributed by atoms with van der Waals surface area (Å²) in [4.78, 5) is 4.20. The molecule has 0 amide bonds. The first kappa shape index (κ1) is 14.8. The van der Waals surface area contributed by atoms with Crippen molar-refractivity contribution < 1.29 is 8.42 Å². The molecule has 7 heteroatoms. The lowest BCUT2D eigenvalue weighted by molar-refractivity contribution is 0.600. The first-order valence-electron chi connectivity index (χ1n) is 5.81. The number of anilines is 2. The number of nitrogens with two attached hydrogens (primary N) is 1. The zero-order valence-electron chi connectivity index (χ0n) is 11.0. The molecule has 2 rings (SSSR count). The van der Waals surface area contributed by atoms with Crippen molar-refractivity contribution in [1.82, 2.24) is 4.98 Å². The molecule has 0 unspecified atom stereocenters. The van der Waals surface area contributed by atoms with E-state index in [0.29, 0.717) is 27.1 Å². The van der Waals surface area contributed by atoms with Gasteiger partial charge in [0.1, 0.15) is 0 Å². The lowest BCUT2D eigenvalue weighted by atomic mass is 10.2. The molecular weight excluding hydrogens is 342 g/mol. The second-order valence-corrected chi connectivity index (χ2v) is 6.93. The van der Waals surface area contributed by atoms with E-state index in [1.54, 1.807) is 38.2 Å². The normalized spacial score (nSPS) is 11.3. The summed E-state index contributed by atoms with van der Waals surface area (Å²) in [5.74, 6) is 0. The third-order valence-corrected chi connectivity index (χ3v) is 4.86. The van der Waals surface area contributed by atoms with Gasteiger partial charge in [-0.3, -0.25) is 9.71 Å². The largest absolute Gasteiger partial charge is 0.398 e. The van der Waals surface area contributed by atoms with Gasteiger partial charge in [0.15, 0.2) is 0 Å². The molecule has 0 atom stereocenters. The molecule has 0 spiro atoms. The molecule has 0 fully saturated rings. The Hall–Kier alpha value is -1.60. The fourth-order valence-corrected chi connectivity index (χ4v) is 3.79. The highest BCUT2D eigenvalue weighted by Gasteiger charge is 2.20. The summed E-state index contributed by atoms with van der Waals surface area (Å²) in [5.41, 5.74) is 7.80. The molecule has 20 heavy (non-hydrogen) atoms. The molecule has 0 aliphatic rings. The molecule has 5 nitrogen and oxygen atoms in total. The van der Waals surface area contributed by atoms with Gasteiger partial charge in [-0.1, -0.05) is 15.9 Å². The number of aromatic nitrogens is 1. The van der Waals surface area contributed by atoms with Gasteiger partial charge >= 0.3 is 0 Å². The molecule has 106 valence electrons. The monoisotopic (exact) mass is 355 g/mol. The molecule has 0 saturated heterocycles. The third-order valence-electron chi connectivity index (χ3n) is 2.91. The number of hydrogen-bond donors (Lipinski definition) is 2. The van der Waals surface area contributed by atoms with E-state index in [2.05, 4.69) is 25.6 Å². The fraction of sp³-hybridized carbons (Fsp3) is 0.154. The first-order valence-corrected chi connectivity index (χ1v) is 8.09. The van der Waals surface area contributed by atoms with Gasteiger partial charge in [0.2, 0.25) is 0 Å². The van der Waals surface area contributed by atoms with Crippen LogP contribution in [0.1, 0.15) is 11.3 Å². The predicted octanol–water partition coefficient (Wildman–Crippen LogP) is 2.84. The highest BCUT2D eigenvalue weighted by atomic mass is 79.9. The number of pyridine rings is 1. The highest BCUT2D eigenvalue weighted by molar-refractivity contribution is 9.10. The average Bonchev–Trinajstić information content (AvgIpc) is 2.36. The van der Waals surface area contributed by atoms with E-state index in [1.165, 1.54) is 6.07 Å². The van der Waals surface area contributed by atoms with Crippen LogP contribution in [0.3, 0.4) is 0 Å². The minimum absolute atomic E-state index is 0.146. The van der Waals surface area contributed by atoms with Crippen molar-refractivity contribution in [1.29, 1.82) is 0 Å². The number of sulfonamides is 1. The summed E-state index contributed by atoms with van der Waals surface area (Å²) < 4.78 is 28.1. The molecule has 0 radical (unpaired) electrons. The van der Waals surface area contributed by atoms with Crippen LogP contribution in [0.5, 0.6) is 0 Å². The molecule has 0 aliphatic heterocycles. The van der Waals surface area contributed by atoms with Gasteiger partial charge in [-0.25, -0.2) is 8.42 Å². The molecule has 0 saturated carbocycles. The molecular formula is C13H14BrN3O2S.